The SMILES string of the molecule is Cc1cc(F)cc(NC(C)c2cccc(C(F)(F)F)c2)c1. The van der Waals surface area contributed by atoms with E-state index in [2.05, 4.69) is 5.32 Å². The van der Waals surface area contributed by atoms with E-state index in [1.54, 1.807) is 26.0 Å². The number of nitrogens with one attached hydrogen (secondary N) is 1. The summed E-state index contributed by atoms with van der Waals surface area (Å²) in [5.74, 6) is -0.381. The Balaban J connectivity index is 2.22. The number of benzene rings is 2. The second-order valence-electron chi connectivity index (χ2n) is 5.01. The van der Waals surface area contributed by atoms with Crippen molar-refractivity contribution in [3.05, 3.63) is 65.0 Å². The molecule has 0 amide bonds. The van der Waals surface area contributed by atoms with E-state index in [1.807, 2.05) is 0 Å². The lowest BCUT2D eigenvalue weighted by atomic mass is 10.0. The van der Waals surface area contributed by atoms with Crippen molar-refractivity contribution < 1.29 is 17.6 Å². The molecule has 0 fully saturated rings. The van der Waals surface area contributed by atoms with Crippen LogP contribution in [0, 0.1) is 12.7 Å². The number of anilines is 1. The van der Waals surface area contributed by atoms with Gasteiger partial charge in [-0.2, -0.15) is 13.2 Å². The molecule has 2 aromatic carbocycles. The highest BCUT2D eigenvalue weighted by molar-refractivity contribution is 5.48. The summed E-state index contributed by atoms with van der Waals surface area (Å²) in [6, 6.07) is 9.19. The highest BCUT2D eigenvalue weighted by Gasteiger charge is 2.30. The number of rotatable bonds is 3. The fourth-order valence-electron chi connectivity index (χ4n) is 2.14. The van der Waals surface area contributed by atoms with Crippen LogP contribution < -0.4 is 5.32 Å². The van der Waals surface area contributed by atoms with Gasteiger partial charge in [0.15, 0.2) is 0 Å². The first kappa shape index (κ1) is 15.4. The second kappa shape index (κ2) is 5.76. The van der Waals surface area contributed by atoms with Crippen molar-refractivity contribution in [2.75, 3.05) is 5.32 Å². The molecule has 5 heteroatoms. The Labute approximate surface area is 120 Å². The average molecular weight is 297 g/mol. The lowest BCUT2D eigenvalue weighted by Crippen LogP contribution is -2.10. The van der Waals surface area contributed by atoms with Gasteiger partial charge in [-0.1, -0.05) is 12.1 Å². The molecule has 0 heterocycles. The number of hydrogen-bond acceptors (Lipinski definition) is 1. The number of halogens is 4. The van der Waals surface area contributed by atoms with Gasteiger partial charge < -0.3 is 5.32 Å². The number of aryl methyl sites for hydroxylation is 1. The van der Waals surface area contributed by atoms with Crippen LogP contribution in [-0.4, -0.2) is 0 Å². The van der Waals surface area contributed by atoms with Crippen molar-refractivity contribution in [1.29, 1.82) is 0 Å². The average Bonchev–Trinajstić information content (AvgIpc) is 2.36. The molecule has 1 unspecified atom stereocenters. The van der Waals surface area contributed by atoms with Crippen LogP contribution >= 0.6 is 0 Å². The Bertz CT molecular complexity index is 614. The van der Waals surface area contributed by atoms with E-state index >= 15 is 0 Å². The van der Waals surface area contributed by atoms with Gasteiger partial charge in [0.1, 0.15) is 5.82 Å². The Morgan fingerprint density at radius 2 is 1.76 bits per heavy atom. The van der Waals surface area contributed by atoms with Gasteiger partial charge in [-0.15, -0.1) is 0 Å². The van der Waals surface area contributed by atoms with Crippen molar-refractivity contribution in [1.82, 2.24) is 0 Å². The quantitative estimate of drug-likeness (QED) is 0.755. The van der Waals surface area contributed by atoms with Gasteiger partial charge in [-0.25, -0.2) is 4.39 Å². The second-order valence-corrected chi connectivity index (χ2v) is 5.01. The molecule has 0 aliphatic heterocycles. The molecule has 0 bridgehead atoms. The van der Waals surface area contributed by atoms with Crippen molar-refractivity contribution in [3.8, 4) is 0 Å². The lowest BCUT2D eigenvalue weighted by molar-refractivity contribution is -0.137. The van der Waals surface area contributed by atoms with Gasteiger partial charge >= 0.3 is 6.18 Å². The number of alkyl halides is 3. The summed E-state index contributed by atoms with van der Waals surface area (Å²) in [7, 11) is 0. The maximum absolute atomic E-state index is 13.3. The van der Waals surface area contributed by atoms with Crippen molar-refractivity contribution in [3.63, 3.8) is 0 Å². The van der Waals surface area contributed by atoms with Gasteiger partial charge in [0, 0.05) is 11.7 Å². The van der Waals surface area contributed by atoms with Gasteiger partial charge in [-0.05, 0) is 55.3 Å². The summed E-state index contributed by atoms with van der Waals surface area (Å²) in [6.45, 7) is 3.49. The first-order chi connectivity index (χ1) is 9.75. The third kappa shape index (κ3) is 3.97. The molecule has 2 aromatic rings. The predicted molar refractivity (Wildman–Crippen MR) is 74.6 cm³/mol. The van der Waals surface area contributed by atoms with E-state index in [4.69, 9.17) is 0 Å². The van der Waals surface area contributed by atoms with Gasteiger partial charge in [0.05, 0.1) is 5.56 Å². The van der Waals surface area contributed by atoms with Crippen molar-refractivity contribution in [2.45, 2.75) is 26.1 Å². The van der Waals surface area contributed by atoms with Crippen LogP contribution in [-0.2, 0) is 6.18 Å². The van der Waals surface area contributed by atoms with Crippen LogP contribution in [0.15, 0.2) is 42.5 Å². The molecule has 0 saturated heterocycles. The minimum Gasteiger partial charge on any atom is -0.378 e. The molecule has 21 heavy (non-hydrogen) atoms. The lowest BCUT2D eigenvalue weighted by Gasteiger charge is -2.17. The summed E-state index contributed by atoms with van der Waals surface area (Å²) in [5.41, 5.74) is 1.09. The summed E-state index contributed by atoms with van der Waals surface area (Å²) >= 11 is 0. The topological polar surface area (TPSA) is 12.0 Å². The zero-order chi connectivity index (χ0) is 15.6. The summed E-state index contributed by atoms with van der Waals surface area (Å²) < 4.78 is 51.4. The van der Waals surface area contributed by atoms with Crippen LogP contribution in [0.2, 0.25) is 0 Å². The largest absolute Gasteiger partial charge is 0.416 e. The van der Waals surface area contributed by atoms with E-state index in [9.17, 15) is 17.6 Å². The molecule has 1 N–H and O–H groups in total. The van der Waals surface area contributed by atoms with E-state index in [0.29, 0.717) is 11.3 Å². The fourth-order valence-corrected chi connectivity index (χ4v) is 2.14. The zero-order valence-electron chi connectivity index (χ0n) is 11.6. The predicted octanol–water partition coefficient (Wildman–Crippen LogP) is 5.33. The Morgan fingerprint density at radius 1 is 1.05 bits per heavy atom. The monoisotopic (exact) mass is 297 g/mol. The molecule has 0 radical (unpaired) electrons. The number of hydrogen-bond donors (Lipinski definition) is 1. The Hall–Kier alpha value is -2.04. The molecule has 0 saturated carbocycles. The molecular formula is C16H15F4N. The van der Waals surface area contributed by atoms with E-state index in [0.717, 1.165) is 17.7 Å². The molecule has 0 aliphatic carbocycles. The van der Waals surface area contributed by atoms with Crippen LogP contribution in [0.3, 0.4) is 0 Å². The first-order valence-electron chi connectivity index (χ1n) is 6.46. The van der Waals surface area contributed by atoms with E-state index < -0.39 is 11.7 Å². The molecular weight excluding hydrogens is 282 g/mol. The molecule has 0 aliphatic rings. The van der Waals surface area contributed by atoms with E-state index in [1.165, 1.54) is 18.2 Å². The minimum atomic E-state index is -4.37. The Kier molecular flexibility index (Phi) is 4.21. The molecule has 2 rings (SSSR count). The zero-order valence-corrected chi connectivity index (χ0v) is 11.6. The highest BCUT2D eigenvalue weighted by atomic mass is 19.4. The molecule has 1 atom stereocenters. The Morgan fingerprint density at radius 3 is 2.38 bits per heavy atom. The molecule has 0 aromatic heterocycles. The fraction of sp³-hybridized carbons (Fsp3) is 0.250. The maximum Gasteiger partial charge on any atom is 0.416 e. The third-order valence-corrected chi connectivity index (χ3v) is 3.14. The summed E-state index contributed by atoms with van der Waals surface area (Å²) in [4.78, 5) is 0. The minimum absolute atomic E-state index is 0.367. The van der Waals surface area contributed by atoms with Gasteiger partial charge in [0.25, 0.3) is 0 Å². The first-order valence-corrected chi connectivity index (χ1v) is 6.46. The van der Waals surface area contributed by atoms with Gasteiger partial charge in [-0.3, -0.25) is 0 Å². The normalized spacial score (nSPS) is 13.0. The third-order valence-electron chi connectivity index (χ3n) is 3.14. The highest BCUT2D eigenvalue weighted by Crippen LogP contribution is 2.31. The smallest absolute Gasteiger partial charge is 0.378 e. The van der Waals surface area contributed by atoms with E-state index in [-0.39, 0.29) is 11.9 Å². The molecule has 0 spiro atoms. The molecule has 112 valence electrons. The summed E-state index contributed by atoms with van der Waals surface area (Å²) in [5, 5.41) is 3.01. The molecule has 1 nitrogen and oxygen atoms in total. The standard InChI is InChI=1S/C16H15F4N/c1-10-6-14(17)9-15(7-10)21-11(2)12-4-3-5-13(8-12)16(18,19)20/h3-9,11,21H,1-2H3. The van der Waals surface area contributed by atoms with Crippen LogP contribution in [0.25, 0.3) is 0 Å². The van der Waals surface area contributed by atoms with Crippen LogP contribution in [0.1, 0.15) is 29.7 Å². The summed E-state index contributed by atoms with van der Waals surface area (Å²) in [6.07, 6.45) is -4.37. The van der Waals surface area contributed by atoms with Crippen molar-refractivity contribution >= 4 is 5.69 Å². The van der Waals surface area contributed by atoms with Gasteiger partial charge in [0.2, 0.25) is 0 Å². The van der Waals surface area contributed by atoms with Crippen molar-refractivity contribution in [2.24, 2.45) is 0 Å². The maximum atomic E-state index is 13.3. The van der Waals surface area contributed by atoms with Crippen LogP contribution in [0.5, 0.6) is 0 Å². The van der Waals surface area contributed by atoms with Crippen LogP contribution in [0.4, 0.5) is 23.2 Å².